The van der Waals surface area contributed by atoms with E-state index in [2.05, 4.69) is 33.0 Å². The smallest absolute Gasteiger partial charge is 0.0794 e. The Morgan fingerprint density at radius 3 is 3.33 bits per heavy atom. The van der Waals surface area contributed by atoms with Crippen LogP contribution in [0.25, 0.3) is 10.6 Å². The van der Waals surface area contributed by atoms with Gasteiger partial charge in [-0.05, 0) is 24.3 Å². The van der Waals surface area contributed by atoms with E-state index in [-0.39, 0.29) is 0 Å². The van der Waals surface area contributed by atoms with Gasteiger partial charge in [0, 0.05) is 25.3 Å². The van der Waals surface area contributed by atoms with Gasteiger partial charge in [-0.3, -0.25) is 5.10 Å². The molecule has 3 heterocycles. The molecule has 5 heteroatoms. The SMILES string of the molecule is c1csc(-c2[nH]ncc2CNCC2CCCO2)c1. The van der Waals surface area contributed by atoms with Gasteiger partial charge >= 0.3 is 0 Å². The molecule has 4 nitrogen and oxygen atoms in total. The third kappa shape index (κ3) is 2.63. The van der Waals surface area contributed by atoms with Crippen molar-refractivity contribution in [3.8, 4) is 10.6 Å². The van der Waals surface area contributed by atoms with Crippen LogP contribution in [0, 0.1) is 0 Å². The highest BCUT2D eigenvalue weighted by Gasteiger charge is 2.15. The van der Waals surface area contributed by atoms with Crippen LogP contribution in [0.15, 0.2) is 23.7 Å². The van der Waals surface area contributed by atoms with Crippen LogP contribution in [0.5, 0.6) is 0 Å². The molecule has 0 amide bonds. The van der Waals surface area contributed by atoms with E-state index in [1.807, 2.05) is 6.20 Å². The fraction of sp³-hybridized carbons (Fsp3) is 0.462. The zero-order valence-corrected chi connectivity index (χ0v) is 11.0. The molecule has 96 valence electrons. The zero-order chi connectivity index (χ0) is 12.2. The van der Waals surface area contributed by atoms with Crippen LogP contribution in [-0.4, -0.2) is 29.5 Å². The minimum Gasteiger partial charge on any atom is -0.377 e. The van der Waals surface area contributed by atoms with Gasteiger partial charge in [-0.2, -0.15) is 5.10 Å². The first-order valence-electron chi connectivity index (χ1n) is 6.32. The predicted octanol–water partition coefficient (Wildman–Crippen LogP) is 2.41. The lowest BCUT2D eigenvalue weighted by atomic mass is 10.2. The van der Waals surface area contributed by atoms with Crippen LogP contribution in [0.3, 0.4) is 0 Å². The standard InChI is InChI=1S/C13H17N3OS/c1-3-11(17-5-1)9-14-7-10-8-15-16-13(10)12-4-2-6-18-12/h2,4,6,8,11,14H,1,3,5,7,9H2,(H,15,16). The molecule has 1 unspecified atom stereocenters. The van der Waals surface area contributed by atoms with Gasteiger partial charge in [-0.1, -0.05) is 6.07 Å². The molecule has 0 aliphatic carbocycles. The van der Waals surface area contributed by atoms with Gasteiger partial charge in [0.25, 0.3) is 0 Å². The second kappa shape index (κ2) is 5.65. The van der Waals surface area contributed by atoms with Crippen LogP contribution in [0.1, 0.15) is 18.4 Å². The summed E-state index contributed by atoms with van der Waals surface area (Å²) in [5.41, 5.74) is 2.35. The first-order chi connectivity index (χ1) is 8.93. The first kappa shape index (κ1) is 11.9. The molecule has 2 aromatic heterocycles. The molecule has 1 aliphatic heterocycles. The molecule has 0 aromatic carbocycles. The Morgan fingerprint density at radius 1 is 1.56 bits per heavy atom. The van der Waals surface area contributed by atoms with Crippen molar-refractivity contribution < 1.29 is 4.74 Å². The largest absolute Gasteiger partial charge is 0.377 e. The Hall–Kier alpha value is -1.17. The molecule has 0 bridgehead atoms. The number of nitrogens with one attached hydrogen (secondary N) is 2. The number of thiophene rings is 1. The minimum atomic E-state index is 0.391. The fourth-order valence-electron chi connectivity index (χ4n) is 2.25. The molecule has 0 radical (unpaired) electrons. The Morgan fingerprint density at radius 2 is 2.56 bits per heavy atom. The first-order valence-corrected chi connectivity index (χ1v) is 7.20. The summed E-state index contributed by atoms with van der Waals surface area (Å²) in [7, 11) is 0. The molecule has 3 rings (SSSR count). The molecule has 1 saturated heterocycles. The quantitative estimate of drug-likeness (QED) is 0.871. The van der Waals surface area contributed by atoms with Crippen molar-refractivity contribution in [3.05, 3.63) is 29.3 Å². The number of hydrogen-bond donors (Lipinski definition) is 2. The Kier molecular flexibility index (Phi) is 3.73. The summed E-state index contributed by atoms with van der Waals surface area (Å²) < 4.78 is 5.59. The number of aromatic amines is 1. The lowest BCUT2D eigenvalue weighted by Gasteiger charge is -2.10. The Bertz CT molecular complexity index is 474. The number of H-pyrrole nitrogens is 1. The summed E-state index contributed by atoms with van der Waals surface area (Å²) in [5.74, 6) is 0. The van der Waals surface area contributed by atoms with Gasteiger partial charge in [0.15, 0.2) is 0 Å². The summed E-state index contributed by atoms with van der Waals surface area (Å²) in [6.45, 7) is 2.68. The van der Waals surface area contributed by atoms with E-state index in [1.54, 1.807) is 11.3 Å². The van der Waals surface area contributed by atoms with Crippen LogP contribution >= 0.6 is 11.3 Å². The van der Waals surface area contributed by atoms with Crippen molar-refractivity contribution in [3.63, 3.8) is 0 Å². The van der Waals surface area contributed by atoms with E-state index in [0.717, 1.165) is 25.4 Å². The molecular formula is C13H17N3OS. The van der Waals surface area contributed by atoms with Gasteiger partial charge in [0.05, 0.1) is 22.9 Å². The summed E-state index contributed by atoms with van der Waals surface area (Å²) in [5, 5.41) is 12.7. The third-order valence-electron chi connectivity index (χ3n) is 3.20. The van der Waals surface area contributed by atoms with Crippen molar-refractivity contribution in [2.75, 3.05) is 13.2 Å². The van der Waals surface area contributed by atoms with Gasteiger partial charge in [0.1, 0.15) is 0 Å². The van der Waals surface area contributed by atoms with E-state index >= 15 is 0 Å². The molecule has 0 saturated carbocycles. The minimum absolute atomic E-state index is 0.391. The molecule has 2 aromatic rings. The Labute approximate surface area is 110 Å². The molecule has 2 N–H and O–H groups in total. The Balaban J connectivity index is 1.58. The van der Waals surface area contributed by atoms with E-state index in [1.165, 1.54) is 23.3 Å². The van der Waals surface area contributed by atoms with Gasteiger partial charge < -0.3 is 10.1 Å². The average Bonchev–Trinajstić information content (AvgIpc) is 3.12. The maximum atomic E-state index is 5.59. The molecule has 1 aliphatic rings. The topological polar surface area (TPSA) is 49.9 Å². The van der Waals surface area contributed by atoms with Crippen LogP contribution in [0.4, 0.5) is 0 Å². The molecule has 1 atom stereocenters. The van der Waals surface area contributed by atoms with Crippen molar-refractivity contribution >= 4 is 11.3 Å². The number of rotatable bonds is 5. The summed E-state index contributed by atoms with van der Waals surface area (Å²) in [6.07, 6.45) is 4.66. The zero-order valence-electron chi connectivity index (χ0n) is 10.2. The number of nitrogens with zero attached hydrogens (tertiary/aromatic N) is 1. The lowest BCUT2D eigenvalue weighted by Crippen LogP contribution is -2.25. The molecule has 18 heavy (non-hydrogen) atoms. The lowest BCUT2D eigenvalue weighted by molar-refractivity contribution is 0.110. The van der Waals surface area contributed by atoms with Crippen LogP contribution in [-0.2, 0) is 11.3 Å². The maximum absolute atomic E-state index is 5.59. The van der Waals surface area contributed by atoms with Crippen molar-refractivity contribution in [1.29, 1.82) is 0 Å². The maximum Gasteiger partial charge on any atom is 0.0794 e. The fourth-order valence-corrected chi connectivity index (χ4v) is 3.01. The molecular weight excluding hydrogens is 246 g/mol. The monoisotopic (exact) mass is 263 g/mol. The summed E-state index contributed by atoms with van der Waals surface area (Å²) in [4.78, 5) is 1.24. The number of ether oxygens (including phenoxy) is 1. The molecule has 0 spiro atoms. The second-order valence-corrected chi connectivity index (χ2v) is 5.46. The summed E-state index contributed by atoms with van der Waals surface area (Å²) >= 11 is 1.73. The number of hydrogen-bond acceptors (Lipinski definition) is 4. The highest BCUT2D eigenvalue weighted by Crippen LogP contribution is 2.25. The second-order valence-electron chi connectivity index (χ2n) is 4.51. The van der Waals surface area contributed by atoms with E-state index < -0.39 is 0 Å². The van der Waals surface area contributed by atoms with E-state index in [0.29, 0.717) is 6.10 Å². The van der Waals surface area contributed by atoms with Gasteiger partial charge in [-0.15, -0.1) is 11.3 Å². The van der Waals surface area contributed by atoms with Crippen LogP contribution in [0.2, 0.25) is 0 Å². The van der Waals surface area contributed by atoms with Gasteiger partial charge in [0.2, 0.25) is 0 Å². The van der Waals surface area contributed by atoms with Gasteiger partial charge in [-0.25, -0.2) is 0 Å². The normalized spacial score (nSPS) is 19.4. The summed E-state index contributed by atoms with van der Waals surface area (Å²) in [6, 6.07) is 4.17. The highest BCUT2D eigenvalue weighted by molar-refractivity contribution is 7.13. The third-order valence-corrected chi connectivity index (χ3v) is 4.08. The van der Waals surface area contributed by atoms with Crippen molar-refractivity contribution in [2.24, 2.45) is 0 Å². The highest BCUT2D eigenvalue weighted by atomic mass is 32.1. The van der Waals surface area contributed by atoms with Crippen molar-refractivity contribution in [2.45, 2.75) is 25.5 Å². The average molecular weight is 263 g/mol. The van der Waals surface area contributed by atoms with Crippen LogP contribution < -0.4 is 5.32 Å². The van der Waals surface area contributed by atoms with E-state index in [4.69, 9.17) is 4.74 Å². The number of aromatic nitrogens is 2. The molecule has 1 fully saturated rings. The van der Waals surface area contributed by atoms with E-state index in [9.17, 15) is 0 Å². The van der Waals surface area contributed by atoms with Crippen molar-refractivity contribution in [1.82, 2.24) is 15.5 Å². The predicted molar refractivity (Wildman–Crippen MR) is 72.6 cm³/mol.